The first kappa shape index (κ1) is 40.2. The number of hydrogen-bond acceptors (Lipinski definition) is 19. The van der Waals surface area contributed by atoms with Crippen molar-refractivity contribution in [3.05, 3.63) is 0 Å². The van der Waals surface area contributed by atoms with E-state index in [9.17, 15) is 70.6 Å². The maximum atomic E-state index is 12.7. The number of aliphatic carboxylic acids is 1. The molecule has 16 atom stereocenters. The van der Waals surface area contributed by atoms with E-state index in [1.807, 2.05) is 0 Å². The van der Waals surface area contributed by atoms with Crippen LogP contribution in [0.15, 0.2) is 0 Å². The van der Waals surface area contributed by atoms with E-state index in [0.29, 0.717) is 0 Å². The third kappa shape index (κ3) is 8.73. The van der Waals surface area contributed by atoms with E-state index in [1.54, 1.807) is 0 Å². The molecule has 13 N–H and O–H groups in total. The van der Waals surface area contributed by atoms with Crippen molar-refractivity contribution in [3.63, 3.8) is 0 Å². The van der Waals surface area contributed by atoms with Crippen molar-refractivity contribution in [3.8, 4) is 0 Å². The van der Waals surface area contributed by atoms with Crippen LogP contribution in [0.3, 0.4) is 0 Å². The number of methoxy groups -OCH3 is 1. The Morgan fingerprint density at radius 3 is 2.04 bits per heavy atom. The molecule has 0 aromatic carbocycles. The lowest BCUT2D eigenvalue weighted by atomic mass is 9.88. The highest BCUT2D eigenvalue weighted by atomic mass is 16.8. The van der Waals surface area contributed by atoms with Crippen molar-refractivity contribution < 1.29 is 99.0 Å². The van der Waals surface area contributed by atoms with Gasteiger partial charge in [0.15, 0.2) is 12.6 Å². The summed E-state index contributed by atoms with van der Waals surface area (Å²) in [4.78, 5) is 36.5. The summed E-state index contributed by atoms with van der Waals surface area (Å²) in [7, 11) is 1.16. The molecule has 0 bridgehead atoms. The normalized spacial score (nSPS) is 41.6. The fourth-order valence-electron chi connectivity index (χ4n) is 5.72. The minimum atomic E-state index is -3.07. The zero-order chi connectivity index (χ0) is 36.1. The van der Waals surface area contributed by atoms with Crippen LogP contribution in [-0.2, 0) is 42.8 Å². The lowest BCUT2D eigenvalue weighted by molar-refractivity contribution is -0.380. The third-order valence-corrected chi connectivity index (χ3v) is 8.12. The van der Waals surface area contributed by atoms with Gasteiger partial charge in [0.05, 0.1) is 32.0 Å². The molecule has 3 aliphatic heterocycles. The topological polar surface area (TPSA) is 353 Å². The van der Waals surface area contributed by atoms with Gasteiger partial charge in [0.2, 0.25) is 11.8 Å². The second kappa shape index (κ2) is 17.1. The number of nitrogens with one attached hydrogen (secondary N) is 2. The molecule has 278 valence electrons. The number of hydrogen-bond donors (Lipinski definition) is 13. The maximum absolute atomic E-state index is 12.7. The van der Waals surface area contributed by atoms with E-state index in [1.165, 1.54) is 0 Å². The molecule has 3 saturated heterocycles. The number of aliphatic hydroxyl groups is 10. The molecule has 0 saturated carbocycles. The smallest absolute Gasteiger partial charge is 0.364 e. The molecule has 48 heavy (non-hydrogen) atoms. The van der Waals surface area contributed by atoms with Crippen LogP contribution in [0.2, 0.25) is 0 Å². The van der Waals surface area contributed by atoms with Crippen molar-refractivity contribution in [1.29, 1.82) is 0 Å². The van der Waals surface area contributed by atoms with Crippen LogP contribution in [0.5, 0.6) is 0 Å². The van der Waals surface area contributed by atoms with E-state index in [2.05, 4.69) is 10.6 Å². The first-order chi connectivity index (χ1) is 22.5. The molecule has 22 heteroatoms. The highest BCUT2D eigenvalue weighted by molar-refractivity contribution is 5.78. The van der Waals surface area contributed by atoms with Crippen molar-refractivity contribution in [2.45, 2.75) is 111 Å². The fraction of sp³-hybridized carbons (Fsp3) is 0.885. The molecule has 3 fully saturated rings. The summed E-state index contributed by atoms with van der Waals surface area (Å²) in [6.45, 7) is -2.39. The molecule has 0 aromatic heterocycles. The molecule has 2 amide bonds. The summed E-state index contributed by atoms with van der Waals surface area (Å²) in [6, 6.07) is -3.19. The lowest BCUT2D eigenvalue weighted by Gasteiger charge is -2.50. The monoisotopic (exact) mass is 704 g/mol. The molecule has 3 rings (SSSR count). The Morgan fingerprint density at radius 2 is 1.50 bits per heavy atom. The van der Waals surface area contributed by atoms with Crippen LogP contribution < -0.4 is 10.6 Å². The van der Waals surface area contributed by atoms with Crippen molar-refractivity contribution >= 4 is 17.8 Å². The average Bonchev–Trinajstić information content (AvgIpc) is 3.03. The minimum Gasteiger partial charge on any atom is -0.477 e. The van der Waals surface area contributed by atoms with Crippen molar-refractivity contribution in [2.75, 3.05) is 33.5 Å². The van der Waals surface area contributed by atoms with Crippen LogP contribution in [0.1, 0.15) is 13.3 Å². The van der Waals surface area contributed by atoms with Gasteiger partial charge in [-0.1, -0.05) is 0 Å². The maximum Gasteiger partial charge on any atom is 0.364 e. The molecular weight excluding hydrogens is 660 g/mol. The van der Waals surface area contributed by atoms with Crippen molar-refractivity contribution in [1.82, 2.24) is 10.6 Å². The van der Waals surface area contributed by atoms with Gasteiger partial charge in [-0.05, 0) is 0 Å². The van der Waals surface area contributed by atoms with Crippen LogP contribution in [0.25, 0.3) is 0 Å². The van der Waals surface area contributed by atoms with E-state index in [4.69, 9.17) is 28.4 Å². The molecule has 0 aromatic rings. The van der Waals surface area contributed by atoms with Crippen LogP contribution >= 0.6 is 0 Å². The highest BCUT2D eigenvalue weighted by Gasteiger charge is 2.60. The quantitative estimate of drug-likeness (QED) is 0.0798. The molecule has 0 spiro atoms. The highest BCUT2D eigenvalue weighted by Crippen LogP contribution is 2.38. The number of carbonyl (C=O) groups excluding carboxylic acids is 2. The summed E-state index contributed by atoms with van der Waals surface area (Å²) in [6.07, 6.45) is -25.8. The molecule has 0 aliphatic carbocycles. The number of aliphatic hydroxyl groups excluding tert-OH is 10. The summed E-state index contributed by atoms with van der Waals surface area (Å²) in [5.41, 5.74) is 0. The second-order valence-corrected chi connectivity index (χ2v) is 11.5. The van der Waals surface area contributed by atoms with Gasteiger partial charge in [-0.2, -0.15) is 0 Å². The van der Waals surface area contributed by atoms with Crippen LogP contribution in [-0.4, -0.2) is 205 Å². The lowest BCUT2D eigenvalue weighted by Crippen LogP contribution is -2.71. The average molecular weight is 705 g/mol. The number of carbonyl (C=O) groups is 3. The number of rotatable bonds is 14. The van der Waals surface area contributed by atoms with Gasteiger partial charge in [0, 0.05) is 20.5 Å². The van der Waals surface area contributed by atoms with E-state index >= 15 is 0 Å². The van der Waals surface area contributed by atoms with Crippen molar-refractivity contribution in [2.24, 2.45) is 0 Å². The molecule has 3 aliphatic rings. The molecule has 0 radical (unpaired) electrons. The van der Waals surface area contributed by atoms with Gasteiger partial charge in [0.25, 0.3) is 5.79 Å². The first-order valence-corrected chi connectivity index (χ1v) is 14.8. The van der Waals surface area contributed by atoms with Crippen LogP contribution in [0, 0.1) is 0 Å². The molecule has 22 nitrogen and oxygen atoms in total. The summed E-state index contributed by atoms with van der Waals surface area (Å²) in [5.74, 6) is -6.86. The minimum absolute atomic E-state index is 0.531. The Kier molecular flexibility index (Phi) is 14.3. The molecule has 0 unspecified atom stereocenters. The molecular formula is C26H44N2O20. The zero-order valence-electron chi connectivity index (χ0n) is 25.8. The zero-order valence-corrected chi connectivity index (χ0v) is 25.8. The van der Waals surface area contributed by atoms with Gasteiger partial charge >= 0.3 is 5.97 Å². The first-order valence-electron chi connectivity index (χ1n) is 14.8. The Bertz CT molecular complexity index is 1090. The Labute approximate surface area is 272 Å². The predicted octanol–water partition coefficient (Wildman–Crippen LogP) is -8.45. The third-order valence-electron chi connectivity index (χ3n) is 8.12. The van der Waals surface area contributed by atoms with E-state index < -0.39 is 148 Å². The van der Waals surface area contributed by atoms with E-state index in [-0.39, 0.29) is 0 Å². The van der Waals surface area contributed by atoms with E-state index in [0.717, 1.165) is 14.0 Å². The van der Waals surface area contributed by atoms with Crippen LogP contribution in [0.4, 0.5) is 0 Å². The summed E-state index contributed by atoms with van der Waals surface area (Å²) < 4.78 is 32.2. The van der Waals surface area contributed by atoms with Gasteiger partial charge in [-0.25, -0.2) is 4.79 Å². The Morgan fingerprint density at radius 1 is 0.896 bits per heavy atom. The number of carboxylic acid groups (broad SMARTS) is 1. The largest absolute Gasteiger partial charge is 0.477 e. The number of amides is 2. The van der Waals surface area contributed by atoms with Gasteiger partial charge in [-0.15, -0.1) is 0 Å². The predicted molar refractivity (Wildman–Crippen MR) is 148 cm³/mol. The number of ether oxygens (including phenoxy) is 6. The number of carboxylic acids is 1. The van der Waals surface area contributed by atoms with Gasteiger partial charge < -0.3 is 95.2 Å². The Hall–Kier alpha value is -2.23. The Balaban J connectivity index is 1.98. The SMILES string of the molecule is COC[C@@H](O)[C@@H](O)[C@@H]1O[C@@](O[C@H]2[C@@H](O)[C@@H](CO)O[C@@H](O[C@H]3[C@H](O)[C@@H](CO)O[C@H](O)[C@@H]3NC(C)=O)[C@@H]2O)(C(=O)O)C[C@H](O)[C@H]1NC(=O)CO. The molecule has 3 heterocycles. The summed E-state index contributed by atoms with van der Waals surface area (Å²) in [5, 5.41) is 119. The standard InChI is InChI=1S/C26H44N2O20/c1-8(32)27-15-20(17(37)11(4-29)44-23(15)40)46-24-19(39)22(18(38)12(5-30)45-24)48-26(25(41)42)3-9(33)14(28-13(35)6-31)21(47-26)16(36)10(34)7-43-2/h9-12,14-24,29-31,33-34,36-40H,3-7H2,1-2H3,(H,27,32)(H,28,35)(H,41,42)/t9-,10+,11+,12+,14+,15+,16+,17+,18-,19+,20+,21+,22-,23-,24-,26-/m0/s1. The fourth-order valence-corrected chi connectivity index (χ4v) is 5.72. The van der Waals surface area contributed by atoms with Gasteiger partial charge in [0.1, 0.15) is 73.7 Å². The van der Waals surface area contributed by atoms with Gasteiger partial charge in [-0.3, -0.25) is 9.59 Å². The second-order valence-electron chi connectivity index (χ2n) is 11.5. The summed E-state index contributed by atoms with van der Waals surface area (Å²) >= 11 is 0.